The summed E-state index contributed by atoms with van der Waals surface area (Å²) in [5.74, 6) is 0.476. The Bertz CT molecular complexity index is 478. The lowest BCUT2D eigenvalue weighted by molar-refractivity contribution is -0.136. The van der Waals surface area contributed by atoms with Gasteiger partial charge in [-0.2, -0.15) is 0 Å². The van der Waals surface area contributed by atoms with E-state index in [1.165, 1.54) is 0 Å². The number of rotatable bonds is 7. The summed E-state index contributed by atoms with van der Waals surface area (Å²) in [6, 6.07) is 9.29. The van der Waals surface area contributed by atoms with E-state index in [1.807, 2.05) is 37.3 Å². The smallest absolute Gasteiger partial charge is 0.222 e. The van der Waals surface area contributed by atoms with Gasteiger partial charge in [0.05, 0.1) is 12.1 Å². The van der Waals surface area contributed by atoms with Gasteiger partial charge in [0.25, 0.3) is 0 Å². The summed E-state index contributed by atoms with van der Waals surface area (Å²) < 4.78 is 0. The molecule has 0 heterocycles. The number of nitrogens with zero attached hydrogens (tertiary/aromatic N) is 1. The molecule has 0 aliphatic heterocycles. The van der Waals surface area contributed by atoms with Crippen molar-refractivity contribution in [3.63, 3.8) is 0 Å². The SMILES string of the molecule is CCC[C@H](CC(=O)N(C)[C@@H](C)[C@@H](O)c1ccccc1)C(C)(C)C. The Morgan fingerprint density at radius 1 is 1.22 bits per heavy atom. The van der Waals surface area contributed by atoms with Crippen molar-refractivity contribution >= 4 is 5.91 Å². The molecule has 1 amide bonds. The van der Waals surface area contributed by atoms with Crippen LogP contribution in [0.1, 0.15) is 65.5 Å². The molecule has 3 nitrogen and oxygen atoms in total. The van der Waals surface area contributed by atoms with E-state index >= 15 is 0 Å². The molecule has 0 fully saturated rings. The van der Waals surface area contributed by atoms with Crippen LogP contribution in [0.4, 0.5) is 0 Å². The first-order chi connectivity index (χ1) is 10.7. The third-order valence-electron chi connectivity index (χ3n) is 4.89. The third kappa shape index (κ3) is 5.65. The van der Waals surface area contributed by atoms with E-state index in [9.17, 15) is 9.90 Å². The van der Waals surface area contributed by atoms with Crippen LogP contribution >= 0.6 is 0 Å². The molecule has 1 aromatic carbocycles. The van der Waals surface area contributed by atoms with E-state index in [0.29, 0.717) is 12.3 Å². The lowest BCUT2D eigenvalue weighted by atomic mass is 9.76. The van der Waals surface area contributed by atoms with Crippen molar-refractivity contribution in [3.8, 4) is 0 Å². The summed E-state index contributed by atoms with van der Waals surface area (Å²) in [6.45, 7) is 10.7. The average Bonchev–Trinajstić information content (AvgIpc) is 2.52. The molecule has 0 spiro atoms. The molecule has 23 heavy (non-hydrogen) atoms. The van der Waals surface area contributed by atoms with E-state index in [0.717, 1.165) is 18.4 Å². The summed E-state index contributed by atoms with van der Waals surface area (Å²) in [7, 11) is 1.80. The Morgan fingerprint density at radius 2 is 1.78 bits per heavy atom. The highest BCUT2D eigenvalue weighted by molar-refractivity contribution is 5.76. The predicted octanol–water partition coefficient (Wildman–Crippen LogP) is 4.42. The molecule has 0 saturated heterocycles. The maximum Gasteiger partial charge on any atom is 0.222 e. The summed E-state index contributed by atoms with van der Waals surface area (Å²) in [5.41, 5.74) is 0.967. The molecule has 0 radical (unpaired) electrons. The number of hydrogen-bond acceptors (Lipinski definition) is 2. The van der Waals surface area contributed by atoms with E-state index < -0.39 is 6.10 Å². The lowest BCUT2D eigenvalue weighted by Gasteiger charge is -2.34. The maximum absolute atomic E-state index is 12.7. The average molecular weight is 319 g/mol. The number of amides is 1. The Balaban J connectivity index is 2.75. The van der Waals surface area contributed by atoms with Gasteiger partial charge in [-0.3, -0.25) is 4.79 Å². The number of carbonyl (C=O) groups excluding carboxylic acids is 1. The van der Waals surface area contributed by atoms with Crippen LogP contribution in [0.2, 0.25) is 0 Å². The zero-order valence-electron chi connectivity index (χ0n) is 15.5. The molecule has 3 heteroatoms. The zero-order valence-corrected chi connectivity index (χ0v) is 15.5. The van der Waals surface area contributed by atoms with Gasteiger partial charge in [-0.25, -0.2) is 0 Å². The predicted molar refractivity (Wildman–Crippen MR) is 96.1 cm³/mol. The molecule has 0 unspecified atom stereocenters. The van der Waals surface area contributed by atoms with Crippen LogP contribution in [0.5, 0.6) is 0 Å². The minimum Gasteiger partial charge on any atom is -0.386 e. The van der Waals surface area contributed by atoms with Crippen molar-refractivity contribution in [2.24, 2.45) is 11.3 Å². The van der Waals surface area contributed by atoms with Crippen LogP contribution in [0.25, 0.3) is 0 Å². The second-order valence-electron chi connectivity index (χ2n) is 7.66. The van der Waals surface area contributed by atoms with Gasteiger partial charge in [-0.05, 0) is 30.2 Å². The molecule has 1 rings (SSSR count). The Kier molecular flexibility index (Phi) is 7.27. The molecular weight excluding hydrogens is 286 g/mol. The van der Waals surface area contributed by atoms with E-state index in [4.69, 9.17) is 0 Å². The van der Waals surface area contributed by atoms with Crippen LogP contribution < -0.4 is 0 Å². The molecule has 130 valence electrons. The number of aliphatic hydroxyl groups excluding tert-OH is 1. The minimum absolute atomic E-state index is 0.112. The first-order valence-electron chi connectivity index (χ1n) is 8.67. The van der Waals surface area contributed by atoms with Crippen LogP contribution in [0.3, 0.4) is 0 Å². The highest BCUT2D eigenvalue weighted by atomic mass is 16.3. The van der Waals surface area contributed by atoms with Crippen LogP contribution in [0, 0.1) is 11.3 Å². The Morgan fingerprint density at radius 3 is 2.26 bits per heavy atom. The zero-order chi connectivity index (χ0) is 17.6. The summed E-state index contributed by atoms with van der Waals surface area (Å²) in [4.78, 5) is 14.4. The van der Waals surface area contributed by atoms with Gasteiger partial charge in [0.2, 0.25) is 5.91 Å². The molecule has 3 atom stereocenters. The van der Waals surface area contributed by atoms with Gasteiger partial charge >= 0.3 is 0 Å². The van der Waals surface area contributed by atoms with Gasteiger partial charge in [-0.15, -0.1) is 0 Å². The van der Waals surface area contributed by atoms with Crippen molar-refractivity contribution in [1.29, 1.82) is 0 Å². The van der Waals surface area contributed by atoms with Crippen molar-refractivity contribution < 1.29 is 9.90 Å². The molecule has 0 bridgehead atoms. The van der Waals surface area contributed by atoms with Gasteiger partial charge in [0, 0.05) is 13.5 Å². The Labute approximate surface area is 141 Å². The maximum atomic E-state index is 12.7. The minimum atomic E-state index is -0.663. The topological polar surface area (TPSA) is 40.5 Å². The Hall–Kier alpha value is -1.35. The normalized spacial score (nSPS) is 15.8. The first kappa shape index (κ1) is 19.7. The standard InChI is InChI=1S/C20H33NO2/c1-7-11-17(20(3,4)5)14-18(22)21(6)15(2)19(23)16-12-9-8-10-13-16/h8-10,12-13,15,17,19,23H,7,11,14H2,1-6H3/t15-,17+,19+/m0/s1. The molecule has 0 aromatic heterocycles. The number of hydrogen-bond donors (Lipinski definition) is 1. The molecular formula is C20H33NO2. The third-order valence-corrected chi connectivity index (χ3v) is 4.89. The van der Waals surface area contributed by atoms with Crippen LogP contribution in [-0.4, -0.2) is 29.0 Å². The summed E-state index contributed by atoms with van der Waals surface area (Å²) in [5, 5.41) is 10.5. The summed E-state index contributed by atoms with van der Waals surface area (Å²) in [6.07, 6.45) is 2.02. The quantitative estimate of drug-likeness (QED) is 0.808. The molecule has 0 saturated carbocycles. The van der Waals surface area contributed by atoms with Gasteiger partial charge in [-0.1, -0.05) is 64.4 Å². The molecule has 1 aromatic rings. The van der Waals surface area contributed by atoms with Crippen molar-refractivity contribution in [1.82, 2.24) is 4.90 Å². The second kappa shape index (κ2) is 8.49. The molecule has 0 aliphatic rings. The first-order valence-corrected chi connectivity index (χ1v) is 8.67. The van der Waals surface area contributed by atoms with Gasteiger partial charge in [0.1, 0.15) is 0 Å². The van der Waals surface area contributed by atoms with E-state index in [1.54, 1.807) is 11.9 Å². The number of benzene rings is 1. The second-order valence-corrected chi connectivity index (χ2v) is 7.66. The fraction of sp³-hybridized carbons (Fsp3) is 0.650. The molecule has 1 N–H and O–H groups in total. The highest BCUT2D eigenvalue weighted by Crippen LogP contribution is 2.33. The highest BCUT2D eigenvalue weighted by Gasteiger charge is 2.30. The van der Waals surface area contributed by atoms with E-state index in [-0.39, 0.29) is 17.4 Å². The van der Waals surface area contributed by atoms with E-state index in [2.05, 4.69) is 27.7 Å². The molecule has 0 aliphatic carbocycles. The summed E-state index contributed by atoms with van der Waals surface area (Å²) >= 11 is 0. The van der Waals surface area contributed by atoms with Crippen LogP contribution in [-0.2, 0) is 4.79 Å². The number of likely N-dealkylation sites (N-methyl/N-ethyl adjacent to an activating group) is 1. The van der Waals surface area contributed by atoms with Crippen molar-refractivity contribution in [2.45, 2.75) is 66.0 Å². The lowest BCUT2D eigenvalue weighted by Crippen LogP contribution is -2.40. The van der Waals surface area contributed by atoms with Crippen molar-refractivity contribution in [2.75, 3.05) is 7.05 Å². The van der Waals surface area contributed by atoms with Gasteiger partial charge < -0.3 is 10.0 Å². The monoisotopic (exact) mass is 319 g/mol. The fourth-order valence-electron chi connectivity index (χ4n) is 2.91. The fourth-order valence-corrected chi connectivity index (χ4v) is 2.91. The van der Waals surface area contributed by atoms with Gasteiger partial charge in [0.15, 0.2) is 0 Å². The number of carbonyl (C=O) groups is 1. The largest absolute Gasteiger partial charge is 0.386 e. The number of aliphatic hydroxyl groups is 1. The van der Waals surface area contributed by atoms with Crippen LogP contribution in [0.15, 0.2) is 30.3 Å². The van der Waals surface area contributed by atoms with Crippen molar-refractivity contribution in [3.05, 3.63) is 35.9 Å².